The van der Waals surface area contributed by atoms with Crippen LogP contribution in [0.4, 0.5) is 11.4 Å². The average molecular weight is 562 g/mol. The van der Waals surface area contributed by atoms with Gasteiger partial charge in [-0.2, -0.15) is 0 Å². The van der Waals surface area contributed by atoms with Crippen LogP contribution in [0.5, 0.6) is 0 Å². The summed E-state index contributed by atoms with van der Waals surface area (Å²) in [6.07, 6.45) is 4.54. The van der Waals surface area contributed by atoms with E-state index in [0.717, 1.165) is 38.8 Å². The number of nitrogens with zero attached hydrogens (tertiary/aromatic N) is 3. The van der Waals surface area contributed by atoms with Crippen LogP contribution in [0.15, 0.2) is 29.0 Å². The van der Waals surface area contributed by atoms with Gasteiger partial charge in [0.1, 0.15) is 0 Å². The van der Waals surface area contributed by atoms with Crippen molar-refractivity contribution in [2.75, 3.05) is 22.4 Å². The molecule has 1 fully saturated rings. The van der Waals surface area contributed by atoms with Crippen LogP contribution in [0.3, 0.4) is 0 Å². The smallest absolute Gasteiger partial charge is 0.229 e. The molecule has 1 aliphatic rings. The van der Waals surface area contributed by atoms with Gasteiger partial charge < -0.3 is 9.34 Å². The number of anilines is 2. The Labute approximate surface area is 240 Å². The van der Waals surface area contributed by atoms with E-state index in [0.29, 0.717) is 0 Å². The number of hydrogen-bond donors (Lipinski definition) is 0. The van der Waals surface area contributed by atoms with Crippen LogP contribution in [0.1, 0.15) is 89.7 Å². The molecule has 0 atom stereocenters. The average Bonchev–Trinajstić information content (AvgIpc) is 3.40. The van der Waals surface area contributed by atoms with E-state index in [9.17, 15) is 0 Å². The Hall–Kier alpha value is -2.08. The third kappa shape index (κ3) is 5.47. The van der Waals surface area contributed by atoms with Crippen molar-refractivity contribution >= 4 is 32.7 Å². The Morgan fingerprint density at radius 3 is 1.31 bits per heavy atom. The lowest BCUT2D eigenvalue weighted by atomic mass is 10.0. The fraction of sp³-hybridized carbons (Fsp3) is 0.500. The van der Waals surface area contributed by atoms with Gasteiger partial charge in [0.25, 0.3) is 0 Å². The Balaban J connectivity index is 1.95. The van der Waals surface area contributed by atoms with Crippen LogP contribution in [0, 0.1) is 41.5 Å². The highest BCUT2D eigenvalue weighted by Gasteiger charge is 2.37. The maximum absolute atomic E-state index is 5.81. The SMILES string of the molecule is CCc1c(CC)c(CC)p(/C(C)=N/P2N(c3c(C)cc(C)cc3C)CCN2c2c(C)cc(C)cc2C)c1CC. The van der Waals surface area contributed by atoms with Gasteiger partial charge in [-0.3, -0.25) is 0 Å². The first-order chi connectivity index (χ1) is 18.6. The third-order valence-corrected chi connectivity index (χ3v) is 13.6. The van der Waals surface area contributed by atoms with Gasteiger partial charge in [-0.05, 0) is 118 Å². The zero-order valence-electron chi connectivity index (χ0n) is 26.3. The largest absolute Gasteiger partial charge is 0.313 e. The summed E-state index contributed by atoms with van der Waals surface area (Å²) in [4.78, 5) is 0. The van der Waals surface area contributed by atoms with E-state index in [1.165, 1.54) is 50.2 Å². The predicted octanol–water partition coefficient (Wildman–Crippen LogP) is 10.3. The van der Waals surface area contributed by atoms with Crippen LogP contribution in [0.25, 0.3) is 0 Å². The van der Waals surface area contributed by atoms with Gasteiger partial charge in [-0.25, -0.2) is 4.76 Å². The normalized spacial score (nSPS) is 14.7. The fourth-order valence-corrected chi connectivity index (χ4v) is 12.8. The minimum Gasteiger partial charge on any atom is -0.313 e. The lowest BCUT2D eigenvalue weighted by molar-refractivity contribution is 0.992. The predicted molar refractivity (Wildman–Crippen MR) is 178 cm³/mol. The van der Waals surface area contributed by atoms with Gasteiger partial charge >= 0.3 is 0 Å². The monoisotopic (exact) mass is 561 g/mol. The molecule has 5 heteroatoms. The second-order valence-corrected chi connectivity index (χ2v) is 15.4. The van der Waals surface area contributed by atoms with E-state index in [-0.39, 0.29) is 0 Å². The van der Waals surface area contributed by atoms with Gasteiger partial charge in [0.2, 0.25) is 8.37 Å². The van der Waals surface area contributed by atoms with E-state index in [1.807, 2.05) is 0 Å². The highest BCUT2D eigenvalue weighted by Crippen LogP contribution is 2.59. The van der Waals surface area contributed by atoms with Crippen molar-refractivity contribution in [3.63, 3.8) is 0 Å². The van der Waals surface area contributed by atoms with E-state index in [4.69, 9.17) is 4.76 Å². The van der Waals surface area contributed by atoms with Gasteiger partial charge in [0, 0.05) is 24.5 Å². The van der Waals surface area contributed by atoms with Gasteiger partial charge in [0.05, 0.1) is 5.45 Å². The molecule has 1 aliphatic heterocycles. The van der Waals surface area contributed by atoms with E-state index >= 15 is 0 Å². The molecule has 2 heterocycles. The summed E-state index contributed by atoms with van der Waals surface area (Å²) in [6, 6.07) is 9.37. The summed E-state index contributed by atoms with van der Waals surface area (Å²) >= 11 is 0. The molecule has 210 valence electrons. The molecule has 0 radical (unpaired) electrons. The van der Waals surface area contributed by atoms with Crippen LogP contribution in [0.2, 0.25) is 0 Å². The molecule has 0 saturated carbocycles. The Morgan fingerprint density at radius 2 is 1.00 bits per heavy atom. The van der Waals surface area contributed by atoms with Crippen LogP contribution < -0.4 is 9.34 Å². The van der Waals surface area contributed by atoms with E-state index < -0.39 is 15.9 Å². The van der Waals surface area contributed by atoms with E-state index in [2.05, 4.69) is 110 Å². The minimum atomic E-state index is -0.924. The van der Waals surface area contributed by atoms with Crippen molar-refractivity contribution in [2.24, 2.45) is 4.76 Å². The van der Waals surface area contributed by atoms with Crippen molar-refractivity contribution in [1.29, 1.82) is 0 Å². The first-order valence-corrected chi connectivity index (χ1v) is 17.4. The van der Waals surface area contributed by atoms with Gasteiger partial charge in [-0.1, -0.05) is 70.6 Å². The molecule has 39 heavy (non-hydrogen) atoms. The number of rotatable bonds is 8. The first kappa shape index (κ1) is 29.9. The molecule has 1 aromatic heterocycles. The highest BCUT2D eigenvalue weighted by atomic mass is 31.2. The van der Waals surface area contributed by atoms with Crippen molar-refractivity contribution in [1.82, 2.24) is 0 Å². The van der Waals surface area contributed by atoms with Gasteiger partial charge in [0.15, 0.2) is 0 Å². The minimum absolute atomic E-state index is 0.485. The number of benzene rings is 2. The first-order valence-electron chi connectivity index (χ1n) is 14.9. The molecule has 3 aromatic rings. The van der Waals surface area contributed by atoms with Crippen molar-refractivity contribution in [3.8, 4) is 0 Å². The molecule has 4 rings (SSSR count). The molecule has 1 saturated heterocycles. The van der Waals surface area contributed by atoms with Gasteiger partial charge in [-0.15, -0.1) is 0 Å². The summed E-state index contributed by atoms with van der Waals surface area (Å²) in [7, 11) is -1.41. The number of hydrogen-bond acceptors (Lipinski definition) is 3. The second kappa shape index (κ2) is 12.2. The van der Waals surface area contributed by atoms with Crippen molar-refractivity contribution < 1.29 is 0 Å². The summed E-state index contributed by atoms with van der Waals surface area (Å²) in [5.74, 6) is 0. The zero-order valence-corrected chi connectivity index (χ0v) is 28.1. The summed E-state index contributed by atoms with van der Waals surface area (Å²) < 4.78 is 11.1. The quantitative estimate of drug-likeness (QED) is 0.201. The maximum Gasteiger partial charge on any atom is 0.229 e. The molecule has 0 amide bonds. The molecular weight excluding hydrogens is 512 g/mol. The fourth-order valence-electron chi connectivity index (χ4n) is 7.09. The zero-order chi connectivity index (χ0) is 28.6. The Bertz CT molecular complexity index is 1260. The summed E-state index contributed by atoms with van der Waals surface area (Å²) in [5.41, 5.74) is 15.5. The van der Waals surface area contributed by atoms with E-state index in [1.54, 1.807) is 21.7 Å². The van der Waals surface area contributed by atoms with Crippen molar-refractivity contribution in [2.45, 2.75) is 102 Å². The van der Waals surface area contributed by atoms with Crippen LogP contribution >= 0.6 is 15.9 Å². The molecule has 0 N–H and O–H groups in total. The Kier molecular flexibility index (Phi) is 9.35. The Morgan fingerprint density at radius 1 is 0.641 bits per heavy atom. The molecular formula is C34H49N3P2. The molecule has 0 spiro atoms. The molecule has 0 bridgehead atoms. The lowest BCUT2D eigenvalue weighted by Crippen LogP contribution is -2.17. The standard InChI is InChI=1S/C34H49N3P2/c1-12-29-30(13-2)32(15-4)38(31(29)14-3)28(11)35-39-36(33-24(7)18-22(5)19-25(33)8)16-17-37(39)34-26(9)20-23(6)21-27(34)10/h18-21H,12-17H2,1-11H3/b35-28+. The van der Waals surface area contributed by atoms with Crippen LogP contribution in [-0.4, -0.2) is 18.5 Å². The lowest BCUT2D eigenvalue weighted by Gasteiger charge is -2.32. The topological polar surface area (TPSA) is 18.8 Å². The summed E-state index contributed by atoms with van der Waals surface area (Å²) in [6.45, 7) is 27.3. The molecule has 2 aromatic carbocycles. The third-order valence-electron chi connectivity index (χ3n) is 8.28. The number of aryl methyl sites for hydroxylation is 6. The second-order valence-electron chi connectivity index (χ2n) is 11.3. The molecule has 0 aliphatic carbocycles. The maximum atomic E-state index is 5.81. The van der Waals surface area contributed by atoms with Crippen molar-refractivity contribution in [3.05, 3.63) is 79.4 Å². The molecule has 3 nitrogen and oxygen atoms in total. The highest BCUT2D eigenvalue weighted by molar-refractivity contribution is 7.71. The van der Waals surface area contributed by atoms with Crippen LogP contribution in [-0.2, 0) is 25.7 Å². The molecule has 0 unspecified atom stereocenters. The summed E-state index contributed by atoms with van der Waals surface area (Å²) in [5, 5.41) is 3.36.